The predicted molar refractivity (Wildman–Crippen MR) is 107 cm³/mol. The number of benzene rings is 2. The molecule has 2 heterocycles. The molecule has 2 amide bonds. The van der Waals surface area contributed by atoms with Gasteiger partial charge in [0.15, 0.2) is 0 Å². The largest absolute Gasteiger partial charge is 0.349 e. The summed E-state index contributed by atoms with van der Waals surface area (Å²) in [6.45, 7) is 1.16. The highest BCUT2D eigenvalue weighted by Gasteiger charge is 2.34. The zero-order valence-electron chi connectivity index (χ0n) is 16.1. The van der Waals surface area contributed by atoms with Crippen molar-refractivity contribution in [3.8, 4) is 0 Å². The van der Waals surface area contributed by atoms with Gasteiger partial charge in [-0.25, -0.2) is 15.2 Å². The van der Waals surface area contributed by atoms with Crippen molar-refractivity contribution in [2.75, 3.05) is 13.1 Å². The highest BCUT2D eigenvalue weighted by atomic mass is 19.1. The Labute approximate surface area is 169 Å². The van der Waals surface area contributed by atoms with Crippen LogP contribution in [0.5, 0.6) is 0 Å². The number of halogens is 1. The van der Waals surface area contributed by atoms with E-state index in [1.165, 1.54) is 12.1 Å². The third-order valence-corrected chi connectivity index (χ3v) is 5.66. The average molecular weight is 396 g/mol. The minimum atomic E-state index is -0.523. The van der Waals surface area contributed by atoms with Crippen LogP contribution in [0.1, 0.15) is 41.2 Å². The van der Waals surface area contributed by atoms with E-state index in [4.69, 9.17) is 0 Å². The summed E-state index contributed by atoms with van der Waals surface area (Å²) in [7, 11) is 0. The molecule has 7 heteroatoms. The molecule has 0 aromatic heterocycles. The molecule has 152 valence electrons. The Morgan fingerprint density at radius 1 is 0.966 bits per heavy atom. The number of rotatable bonds is 4. The molecule has 2 saturated heterocycles. The maximum atomic E-state index is 13.8. The van der Waals surface area contributed by atoms with Crippen LogP contribution < -0.4 is 16.2 Å². The van der Waals surface area contributed by atoms with Crippen molar-refractivity contribution >= 4 is 11.8 Å². The molecule has 2 unspecified atom stereocenters. The van der Waals surface area contributed by atoms with E-state index in [1.807, 2.05) is 23.1 Å². The van der Waals surface area contributed by atoms with Crippen LogP contribution in [0, 0.1) is 5.82 Å². The van der Waals surface area contributed by atoms with E-state index < -0.39 is 11.7 Å². The number of hydrazine groups is 1. The molecular weight excluding hydrogens is 371 g/mol. The van der Waals surface area contributed by atoms with Crippen molar-refractivity contribution < 1.29 is 14.0 Å². The van der Waals surface area contributed by atoms with E-state index in [0.29, 0.717) is 32.4 Å². The van der Waals surface area contributed by atoms with Gasteiger partial charge in [-0.3, -0.25) is 9.59 Å². The predicted octanol–water partition coefficient (Wildman–Crippen LogP) is 2.15. The third kappa shape index (κ3) is 4.46. The van der Waals surface area contributed by atoms with E-state index >= 15 is 0 Å². The van der Waals surface area contributed by atoms with Crippen LogP contribution in [0.15, 0.2) is 54.6 Å². The molecule has 3 N–H and O–H groups in total. The zero-order valence-corrected chi connectivity index (χ0v) is 16.1. The van der Waals surface area contributed by atoms with Gasteiger partial charge < -0.3 is 10.2 Å². The monoisotopic (exact) mass is 396 g/mol. The number of carbonyl (C=O) groups is 2. The van der Waals surface area contributed by atoms with Crippen LogP contribution in [-0.4, -0.2) is 41.9 Å². The zero-order chi connectivity index (χ0) is 20.2. The third-order valence-electron chi connectivity index (χ3n) is 5.66. The number of likely N-dealkylation sites (tertiary alicyclic amines) is 1. The first-order valence-corrected chi connectivity index (χ1v) is 10.0. The summed E-state index contributed by atoms with van der Waals surface area (Å²) in [4.78, 5) is 27.0. The molecule has 2 atom stereocenters. The molecule has 0 spiro atoms. The molecule has 0 aliphatic carbocycles. The topological polar surface area (TPSA) is 73.5 Å². The maximum absolute atomic E-state index is 13.8. The number of hydrogen-bond donors (Lipinski definition) is 3. The van der Waals surface area contributed by atoms with Gasteiger partial charge in [0.05, 0.1) is 5.56 Å². The van der Waals surface area contributed by atoms with Crippen molar-refractivity contribution in [3.05, 3.63) is 71.5 Å². The molecule has 4 rings (SSSR count). The van der Waals surface area contributed by atoms with Crippen molar-refractivity contribution in [1.82, 2.24) is 21.1 Å². The Kier molecular flexibility index (Phi) is 5.87. The molecule has 2 aliphatic heterocycles. The van der Waals surface area contributed by atoms with Gasteiger partial charge in [0.25, 0.3) is 5.91 Å². The van der Waals surface area contributed by atoms with Gasteiger partial charge in [-0.2, -0.15) is 0 Å². The second-order valence-electron chi connectivity index (χ2n) is 7.59. The summed E-state index contributed by atoms with van der Waals surface area (Å²) in [6, 6.07) is 15.8. The Morgan fingerprint density at radius 2 is 1.66 bits per heavy atom. The molecule has 29 heavy (non-hydrogen) atoms. The standard InChI is InChI=1S/C22H25FN4O2/c23-18-9-5-4-8-17(18)21(28)24-16-10-12-27(13-11-16)22(29)20-14-19(25-26-20)15-6-2-1-3-7-15/h1-9,16,19-20,25-26H,10-14H2,(H,24,28). The van der Waals surface area contributed by atoms with Crippen LogP contribution >= 0.6 is 0 Å². The lowest BCUT2D eigenvalue weighted by atomic mass is 9.99. The summed E-state index contributed by atoms with van der Waals surface area (Å²) >= 11 is 0. The Hall–Kier alpha value is -2.77. The van der Waals surface area contributed by atoms with Crippen molar-refractivity contribution in [2.45, 2.75) is 37.4 Å². The van der Waals surface area contributed by atoms with Gasteiger partial charge in [-0.05, 0) is 37.0 Å². The minimum Gasteiger partial charge on any atom is -0.349 e. The Morgan fingerprint density at radius 3 is 2.38 bits per heavy atom. The second-order valence-corrected chi connectivity index (χ2v) is 7.59. The summed E-state index contributed by atoms with van der Waals surface area (Å²) < 4.78 is 13.8. The fourth-order valence-electron chi connectivity index (χ4n) is 4.00. The Bertz CT molecular complexity index is 868. The quantitative estimate of drug-likeness (QED) is 0.741. The van der Waals surface area contributed by atoms with Gasteiger partial charge in [-0.1, -0.05) is 42.5 Å². The number of nitrogens with zero attached hydrogens (tertiary/aromatic N) is 1. The number of piperidine rings is 1. The summed E-state index contributed by atoms with van der Waals surface area (Å²) in [6.07, 6.45) is 2.02. The Balaban J connectivity index is 1.27. The van der Waals surface area contributed by atoms with Gasteiger partial charge in [0, 0.05) is 25.2 Å². The molecular formula is C22H25FN4O2. The fourth-order valence-corrected chi connectivity index (χ4v) is 4.00. The van der Waals surface area contributed by atoms with Crippen LogP contribution in [0.4, 0.5) is 4.39 Å². The number of nitrogens with one attached hydrogen (secondary N) is 3. The molecule has 2 fully saturated rings. The summed E-state index contributed by atoms with van der Waals surface area (Å²) in [5.74, 6) is -0.847. The highest BCUT2D eigenvalue weighted by molar-refractivity contribution is 5.94. The molecule has 2 aromatic carbocycles. The summed E-state index contributed by atoms with van der Waals surface area (Å²) in [5, 5.41) is 2.89. The molecule has 0 saturated carbocycles. The minimum absolute atomic E-state index is 0.0548. The van der Waals surface area contributed by atoms with E-state index in [2.05, 4.69) is 28.3 Å². The first-order chi connectivity index (χ1) is 14.1. The van der Waals surface area contributed by atoms with E-state index in [1.54, 1.807) is 12.1 Å². The van der Waals surface area contributed by atoms with Crippen molar-refractivity contribution in [3.63, 3.8) is 0 Å². The molecule has 0 radical (unpaired) electrons. The van der Waals surface area contributed by atoms with Gasteiger partial charge in [0.2, 0.25) is 5.91 Å². The molecule has 2 aromatic rings. The first kappa shape index (κ1) is 19.5. The fraction of sp³-hybridized carbons (Fsp3) is 0.364. The smallest absolute Gasteiger partial charge is 0.254 e. The van der Waals surface area contributed by atoms with Gasteiger partial charge in [-0.15, -0.1) is 0 Å². The maximum Gasteiger partial charge on any atom is 0.254 e. The van der Waals surface area contributed by atoms with E-state index in [9.17, 15) is 14.0 Å². The van der Waals surface area contributed by atoms with E-state index in [-0.39, 0.29) is 29.6 Å². The van der Waals surface area contributed by atoms with Crippen molar-refractivity contribution in [1.29, 1.82) is 0 Å². The SMILES string of the molecule is O=C(NC1CCN(C(=O)C2CC(c3ccccc3)NN2)CC1)c1ccccc1F. The summed E-state index contributed by atoms with van der Waals surface area (Å²) in [5.41, 5.74) is 7.54. The molecule has 6 nitrogen and oxygen atoms in total. The van der Waals surface area contributed by atoms with Gasteiger partial charge in [0.1, 0.15) is 11.9 Å². The normalized spacial score (nSPS) is 22.4. The average Bonchev–Trinajstić information content (AvgIpc) is 3.25. The van der Waals surface area contributed by atoms with Crippen LogP contribution in [0.2, 0.25) is 0 Å². The van der Waals surface area contributed by atoms with Gasteiger partial charge >= 0.3 is 0 Å². The lowest BCUT2D eigenvalue weighted by Crippen LogP contribution is -2.51. The number of carbonyl (C=O) groups excluding carboxylic acids is 2. The van der Waals surface area contributed by atoms with Crippen LogP contribution in [-0.2, 0) is 4.79 Å². The first-order valence-electron chi connectivity index (χ1n) is 10.0. The number of amides is 2. The molecule has 0 bridgehead atoms. The van der Waals surface area contributed by atoms with Crippen LogP contribution in [0.3, 0.4) is 0 Å². The van der Waals surface area contributed by atoms with Crippen LogP contribution in [0.25, 0.3) is 0 Å². The lowest BCUT2D eigenvalue weighted by molar-refractivity contribution is -0.134. The van der Waals surface area contributed by atoms with Crippen molar-refractivity contribution in [2.24, 2.45) is 0 Å². The lowest BCUT2D eigenvalue weighted by Gasteiger charge is -2.33. The number of hydrogen-bond acceptors (Lipinski definition) is 4. The second kappa shape index (κ2) is 8.71. The highest BCUT2D eigenvalue weighted by Crippen LogP contribution is 2.24. The molecule has 2 aliphatic rings. The van der Waals surface area contributed by atoms with E-state index in [0.717, 1.165) is 5.56 Å².